The average molecular weight is 265 g/mol. The van der Waals surface area contributed by atoms with Crippen molar-refractivity contribution in [3.8, 4) is 0 Å². The first-order chi connectivity index (χ1) is 5.77. The fourth-order valence-corrected chi connectivity index (χ4v) is 1.11. The molecular formula is C10H14N3Y-. The molecule has 1 aromatic carbocycles. The van der Waals surface area contributed by atoms with Gasteiger partial charge in [-0.2, -0.15) is 0 Å². The molecule has 0 amide bonds. The maximum Gasteiger partial charge on any atom is 0.0409 e. The van der Waals surface area contributed by atoms with Crippen molar-refractivity contribution in [2.24, 2.45) is 5.11 Å². The van der Waals surface area contributed by atoms with Crippen molar-refractivity contribution in [1.29, 1.82) is 0 Å². The van der Waals surface area contributed by atoms with E-state index >= 15 is 0 Å². The van der Waals surface area contributed by atoms with Gasteiger partial charge in [-0.25, -0.2) is 0 Å². The molecule has 0 aromatic heterocycles. The molecule has 0 N–H and O–H groups in total. The van der Waals surface area contributed by atoms with E-state index in [1.807, 2.05) is 32.0 Å². The SMILES string of the molecule is CCc1ccc(C)cc1N=[N+]=[N-].[CH3-].[Y]. The number of hydrogen-bond acceptors (Lipinski definition) is 1. The van der Waals surface area contributed by atoms with Gasteiger partial charge in [-0.1, -0.05) is 29.7 Å². The Hall–Kier alpha value is -0.366. The second kappa shape index (κ2) is 7.98. The summed E-state index contributed by atoms with van der Waals surface area (Å²) in [5, 5.41) is 3.62. The van der Waals surface area contributed by atoms with Crippen molar-refractivity contribution < 1.29 is 32.7 Å². The standard InChI is InChI=1S/C9H11N3.CH3.Y/c1-3-8-5-4-7(2)6-9(8)11-12-10;;/h4-6H,3H2,1-2H3;1H3;/q;-1;. The fourth-order valence-electron chi connectivity index (χ4n) is 1.11. The van der Waals surface area contributed by atoms with Crippen molar-refractivity contribution in [2.75, 3.05) is 0 Å². The molecule has 1 rings (SSSR count). The largest absolute Gasteiger partial charge is 0.358 e. The molecule has 1 aromatic rings. The van der Waals surface area contributed by atoms with Crippen molar-refractivity contribution in [3.63, 3.8) is 0 Å². The molecule has 0 aliphatic rings. The molecule has 0 saturated carbocycles. The minimum absolute atomic E-state index is 0. The van der Waals surface area contributed by atoms with E-state index in [1.165, 1.54) is 0 Å². The first-order valence-corrected chi connectivity index (χ1v) is 3.92. The van der Waals surface area contributed by atoms with E-state index in [0.717, 1.165) is 23.2 Å². The van der Waals surface area contributed by atoms with Gasteiger partial charge < -0.3 is 7.43 Å². The molecule has 3 nitrogen and oxygen atoms in total. The van der Waals surface area contributed by atoms with Gasteiger partial charge >= 0.3 is 0 Å². The van der Waals surface area contributed by atoms with Crippen LogP contribution in [0.3, 0.4) is 0 Å². The van der Waals surface area contributed by atoms with E-state index in [9.17, 15) is 0 Å². The van der Waals surface area contributed by atoms with E-state index in [-0.39, 0.29) is 40.1 Å². The maximum atomic E-state index is 8.29. The molecule has 0 aliphatic heterocycles. The Kier molecular flexibility index (Phi) is 9.17. The Morgan fingerprint density at radius 1 is 1.43 bits per heavy atom. The second-order valence-corrected chi connectivity index (χ2v) is 2.68. The van der Waals surface area contributed by atoms with Gasteiger partial charge in [0.2, 0.25) is 0 Å². The van der Waals surface area contributed by atoms with Crippen LogP contribution in [-0.4, -0.2) is 0 Å². The molecular weight excluding hydrogens is 251 g/mol. The Labute approximate surface area is 110 Å². The van der Waals surface area contributed by atoms with Crippen LogP contribution >= 0.6 is 0 Å². The average Bonchev–Trinajstić information content (AvgIpc) is 2.05. The van der Waals surface area contributed by atoms with Crippen molar-refractivity contribution in [3.05, 3.63) is 47.2 Å². The summed E-state index contributed by atoms with van der Waals surface area (Å²) in [5.74, 6) is 0. The van der Waals surface area contributed by atoms with Crippen LogP contribution in [0.4, 0.5) is 5.69 Å². The van der Waals surface area contributed by atoms with E-state index in [2.05, 4.69) is 10.0 Å². The zero-order chi connectivity index (χ0) is 8.97. The van der Waals surface area contributed by atoms with Gasteiger partial charge in [-0.05, 0) is 30.5 Å². The summed E-state index contributed by atoms with van der Waals surface area (Å²) < 4.78 is 0. The number of rotatable bonds is 2. The van der Waals surface area contributed by atoms with Crippen LogP contribution in [0, 0.1) is 14.4 Å². The van der Waals surface area contributed by atoms with Crippen molar-refractivity contribution in [2.45, 2.75) is 20.3 Å². The van der Waals surface area contributed by atoms with E-state index in [0.29, 0.717) is 0 Å². The predicted molar refractivity (Wildman–Crippen MR) is 55.8 cm³/mol. The van der Waals surface area contributed by atoms with Gasteiger partial charge in [0.25, 0.3) is 0 Å². The smallest absolute Gasteiger partial charge is 0.0409 e. The molecule has 0 heterocycles. The number of hydrogen-bond donors (Lipinski definition) is 0. The summed E-state index contributed by atoms with van der Waals surface area (Å²) in [6.45, 7) is 4.02. The van der Waals surface area contributed by atoms with E-state index in [1.54, 1.807) is 0 Å². The van der Waals surface area contributed by atoms with Crippen molar-refractivity contribution >= 4 is 5.69 Å². The summed E-state index contributed by atoms with van der Waals surface area (Å²) in [7, 11) is 0. The van der Waals surface area contributed by atoms with Crippen LogP contribution in [0.2, 0.25) is 0 Å². The molecule has 1 radical (unpaired) electrons. The van der Waals surface area contributed by atoms with Gasteiger partial charge in [0.05, 0.1) is 0 Å². The molecule has 0 aliphatic carbocycles. The molecule has 4 heteroatoms. The third kappa shape index (κ3) is 4.23. The third-order valence-electron chi connectivity index (χ3n) is 1.77. The predicted octanol–water partition coefficient (Wildman–Crippen LogP) is 3.95. The van der Waals surface area contributed by atoms with Gasteiger partial charge in [0, 0.05) is 43.3 Å². The molecule has 0 unspecified atom stereocenters. The molecule has 73 valence electrons. The molecule has 0 fully saturated rings. The van der Waals surface area contributed by atoms with Crippen LogP contribution in [0.5, 0.6) is 0 Å². The Morgan fingerprint density at radius 2 is 2.07 bits per heavy atom. The van der Waals surface area contributed by atoms with Crippen molar-refractivity contribution in [1.82, 2.24) is 0 Å². The fraction of sp³-hybridized carbons (Fsp3) is 0.300. The molecule has 0 saturated heterocycles. The quantitative estimate of drug-likeness (QED) is 0.336. The summed E-state index contributed by atoms with van der Waals surface area (Å²) in [6, 6.07) is 5.92. The topological polar surface area (TPSA) is 48.8 Å². The monoisotopic (exact) mass is 265 g/mol. The first-order valence-electron chi connectivity index (χ1n) is 3.92. The zero-order valence-electron chi connectivity index (χ0n) is 8.86. The number of azide groups is 1. The minimum atomic E-state index is 0. The van der Waals surface area contributed by atoms with Gasteiger partial charge in [0.15, 0.2) is 0 Å². The van der Waals surface area contributed by atoms with Crippen LogP contribution < -0.4 is 0 Å². The molecule has 0 bridgehead atoms. The van der Waals surface area contributed by atoms with Gasteiger partial charge in [0.1, 0.15) is 0 Å². The maximum absolute atomic E-state index is 8.29. The number of aryl methyl sites for hydroxylation is 2. The second-order valence-electron chi connectivity index (χ2n) is 2.68. The van der Waals surface area contributed by atoms with Crippen LogP contribution in [0.15, 0.2) is 23.3 Å². The van der Waals surface area contributed by atoms with E-state index in [4.69, 9.17) is 5.53 Å². The number of benzene rings is 1. The first kappa shape index (κ1) is 16.1. The Morgan fingerprint density at radius 3 is 2.57 bits per heavy atom. The summed E-state index contributed by atoms with van der Waals surface area (Å²) in [6.07, 6.45) is 0.897. The minimum Gasteiger partial charge on any atom is -0.358 e. The summed E-state index contributed by atoms with van der Waals surface area (Å²) in [5.41, 5.74) is 11.3. The third-order valence-corrected chi connectivity index (χ3v) is 1.77. The van der Waals surface area contributed by atoms with Gasteiger partial charge in [-0.3, -0.25) is 0 Å². The van der Waals surface area contributed by atoms with Gasteiger partial charge in [-0.15, -0.1) is 0 Å². The number of nitrogens with zero attached hydrogens (tertiary/aromatic N) is 3. The Bertz CT molecular complexity index is 330. The summed E-state index contributed by atoms with van der Waals surface area (Å²) >= 11 is 0. The van der Waals surface area contributed by atoms with Crippen LogP contribution in [-0.2, 0) is 39.1 Å². The molecule has 14 heavy (non-hydrogen) atoms. The Balaban J connectivity index is 0. The van der Waals surface area contributed by atoms with Crippen LogP contribution in [0.1, 0.15) is 18.1 Å². The normalized spacial score (nSPS) is 7.86. The van der Waals surface area contributed by atoms with Crippen LogP contribution in [0.25, 0.3) is 10.4 Å². The molecule has 0 spiro atoms. The summed E-state index contributed by atoms with van der Waals surface area (Å²) in [4.78, 5) is 2.78. The zero-order valence-corrected chi connectivity index (χ0v) is 11.7. The molecule has 0 atom stereocenters. The van der Waals surface area contributed by atoms with E-state index < -0.39 is 0 Å².